The fourth-order valence-corrected chi connectivity index (χ4v) is 2.56. The van der Waals surface area contributed by atoms with E-state index in [2.05, 4.69) is 10.3 Å². The summed E-state index contributed by atoms with van der Waals surface area (Å²) in [6.45, 7) is -0.0499. The fourth-order valence-electron chi connectivity index (χ4n) is 2.56. The van der Waals surface area contributed by atoms with Gasteiger partial charge in [0.1, 0.15) is 18.0 Å². The van der Waals surface area contributed by atoms with Crippen molar-refractivity contribution in [2.24, 2.45) is 0 Å². The Hall–Kier alpha value is -2.89. The summed E-state index contributed by atoms with van der Waals surface area (Å²) in [6.07, 6.45) is 3.60. The molecule has 1 aromatic heterocycles. The molecule has 1 saturated carbocycles. The molecule has 1 aliphatic heterocycles. The predicted molar refractivity (Wildman–Crippen MR) is 83.6 cm³/mol. The van der Waals surface area contributed by atoms with Crippen molar-refractivity contribution in [3.63, 3.8) is 0 Å². The van der Waals surface area contributed by atoms with Crippen LogP contribution >= 0.6 is 0 Å². The van der Waals surface area contributed by atoms with Gasteiger partial charge in [-0.05, 0) is 37.1 Å². The summed E-state index contributed by atoms with van der Waals surface area (Å²) in [6, 6.07) is 10.7. The molecule has 0 saturated heterocycles. The molecule has 1 aliphatic carbocycles. The third-order valence-electron chi connectivity index (χ3n) is 3.86. The van der Waals surface area contributed by atoms with Gasteiger partial charge in [-0.2, -0.15) is 0 Å². The number of nitrogens with zero attached hydrogens (tertiary/aromatic N) is 2. The van der Waals surface area contributed by atoms with Gasteiger partial charge in [-0.3, -0.25) is 14.5 Å². The first-order chi connectivity index (χ1) is 11.2. The molecule has 1 N–H and O–H groups in total. The molecule has 0 unspecified atom stereocenters. The highest BCUT2D eigenvalue weighted by Gasteiger charge is 2.31. The molecule has 2 aliphatic rings. The van der Waals surface area contributed by atoms with Crippen LogP contribution in [0.3, 0.4) is 0 Å². The van der Waals surface area contributed by atoms with Gasteiger partial charge in [-0.25, -0.2) is 4.98 Å². The molecular formula is C17H15N3O3. The van der Waals surface area contributed by atoms with Gasteiger partial charge in [0.2, 0.25) is 11.8 Å². The first kappa shape index (κ1) is 13.8. The Bertz CT molecular complexity index is 786. The van der Waals surface area contributed by atoms with Crippen molar-refractivity contribution in [3.05, 3.63) is 48.2 Å². The number of benzene rings is 1. The number of carbonyl (C=O) groups is 2. The van der Waals surface area contributed by atoms with E-state index < -0.39 is 0 Å². The van der Waals surface area contributed by atoms with E-state index in [4.69, 9.17) is 4.74 Å². The number of pyridine rings is 1. The molecule has 6 nitrogen and oxygen atoms in total. The van der Waals surface area contributed by atoms with Gasteiger partial charge in [0, 0.05) is 12.2 Å². The van der Waals surface area contributed by atoms with E-state index in [9.17, 15) is 9.59 Å². The molecule has 2 amide bonds. The van der Waals surface area contributed by atoms with Crippen LogP contribution in [0.15, 0.2) is 42.6 Å². The number of hydrogen-bond donors (Lipinski definition) is 1. The Labute approximate surface area is 133 Å². The van der Waals surface area contributed by atoms with Crippen LogP contribution in [-0.4, -0.2) is 29.4 Å². The number of carbonyl (C=O) groups excluding carboxylic acids is 2. The SMILES string of the molecule is O=C(CN1C(=O)c2ccccc2Oc2ncccc21)NC1CC1. The summed E-state index contributed by atoms with van der Waals surface area (Å²) in [4.78, 5) is 30.7. The number of rotatable bonds is 3. The van der Waals surface area contributed by atoms with Crippen LogP contribution in [0.25, 0.3) is 0 Å². The minimum Gasteiger partial charge on any atom is -0.436 e. The Morgan fingerprint density at radius 1 is 1.26 bits per heavy atom. The van der Waals surface area contributed by atoms with Crippen molar-refractivity contribution < 1.29 is 14.3 Å². The van der Waals surface area contributed by atoms with Crippen LogP contribution in [0.4, 0.5) is 5.69 Å². The summed E-state index contributed by atoms with van der Waals surface area (Å²) < 4.78 is 5.77. The van der Waals surface area contributed by atoms with Gasteiger partial charge in [-0.1, -0.05) is 12.1 Å². The summed E-state index contributed by atoms with van der Waals surface area (Å²) >= 11 is 0. The molecule has 4 rings (SSSR count). The lowest BCUT2D eigenvalue weighted by Crippen LogP contribution is -2.41. The smallest absolute Gasteiger partial charge is 0.262 e. The molecular weight excluding hydrogens is 294 g/mol. The standard InChI is InChI=1S/C17H15N3O3/c21-15(19-11-7-8-11)10-20-13-5-3-9-18-16(13)23-14-6-2-1-4-12(14)17(20)22/h1-6,9,11H,7-8,10H2,(H,19,21). The lowest BCUT2D eigenvalue weighted by Gasteiger charge is -2.20. The first-order valence-corrected chi connectivity index (χ1v) is 7.55. The minimum absolute atomic E-state index is 0.0499. The molecule has 23 heavy (non-hydrogen) atoms. The van der Waals surface area contributed by atoms with E-state index in [1.54, 1.807) is 42.6 Å². The number of fused-ring (bicyclic) bond motifs is 2. The average Bonchev–Trinajstić information content (AvgIpc) is 3.37. The summed E-state index contributed by atoms with van der Waals surface area (Å²) in [5, 5.41) is 2.90. The number of aromatic nitrogens is 1. The Morgan fingerprint density at radius 2 is 2.09 bits per heavy atom. The molecule has 0 spiro atoms. The Kier molecular flexibility index (Phi) is 3.22. The first-order valence-electron chi connectivity index (χ1n) is 7.55. The van der Waals surface area contributed by atoms with Crippen molar-refractivity contribution in [2.75, 3.05) is 11.4 Å². The van der Waals surface area contributed by atoms with Crippen molar-refractivity contribution in [2.45, 2.75) is 18.9 Å². The highest BCUT2D eigenvalue weighted by atomic mass is 16.5. The van der Waals surface area contributed by atoms with Gasteiger partial charge < -0.3 is 10.1 Å². The van der Waals surface area contributed by atoms with E-state index in [1.165, 1.54) is 4.90 Å². The largest absolute Gasteiger partial charge is 0.436 e. The lowest BCUT2D eigenvalue weighted by molar-refractivity contribution is -0.119. The number of para-hydroxylation sites is 1. The van der Waals surface area contributed by atoms with Crippen LogP contribution in [0.5, 0.6) is 11.6 Å². The van der Waals surface area contributed by atoms with Gasteiger partial charge in [0.05, 0.1) is 5.56 Å². The van der Waals surface area contributed by atoms with Gasteiger partial charge in [0.25, 0.3) is 5.91 Å². The molecule has 0 atom stereocenters. The zero-order valence-electron chi connectivity index (χ0n) is 12.4. The molecule has 1 fully saturated rings. The average molecular weight is 309 g/mol. The molecule has 2 heterocycles. The number of anilines is 1. The van der Waals surface area contributed by atoms with Crippen molar-refractivity contribution >= 4 is 17.5 Å². The molecule has 1 aromatic carbocycles. The Morgan fingerprint density at radius 3 is 2.91 bits per heavy atom. The van der Waals surface area contributed by atoms with Gasteiger partial charge >= 0.3 is 0 Å². The van der Waals surface area contributed by atoms with E-state index >= 15 is 0 Å². The van der Waals surface area contributed by atoms with Gasteiger partial charge in [-0.15, -0.1) is 0 Å². The van der Waals surface area contributed by atoms with Crippen molar-refractivity contribution in [1.29, 1.82) is 0 Å². The zero-order chi connectivity index (χ0) is 15.8. The van der Waals surface area contributed by atoms with Gasteiger partial charge in [0.15, 0.2) is 0 Å². The van der Waals surface area contributed by atoms with Crippen LogP contribution in [-0.2, 0) is 4.79 Å². The van der Waals surface area contributed by atoms with Crippen LogP contribution < -0.4 is 15.0 Å². The maximum atomic E-state index is 12.9. The highest BCUT2D eigenvalue weighted by Crippen LogP contribution is 2.36. The van der Waals surface area contributed by atoms with Crippen molar-refractivity contribution in [3.8, 4) is 11.6 Å². The summed E-state index contributed by atoms with van der Waals surface area (Å²) in [5.74, 6) is 0.334. The van der Waals surface area contributed by atoms with E-state index in [1.807, 2.05) is 0 Å². The fraction of sp³-hybridized carbons (Fsp3) is 0.235. The van der Waals surface area contributed by atoms with Crippen molar-refractivity contribution in [1.82, 2.24) is 10.3 Å². The maximum Gasteiger partial charge on any atom is 0.262 e. The normalized spacial score (nSPS) is 16.0. The number of hydrogen-bond acceptors (Lipinski definition) is 4. The quantitative estimate of drug-likeness (QED) is 0.942. The second kappa shape index (κ2) is 5.39. The monoisotopic (exact) mass is 309 g/mol. The van der Waals surface area contributed by atoms with E-state index in [0.717, 1.165) is 12.8 Å². The minimum atomic E-state index is -0.265. The van der Waals surface area contributed by atoms with Crippen LogP contribution in [0.2, 0.25) is 0 Å². The predicted octanol–water partition coefficient (Wildman–Crippen LogP) is 2.11. The summed E-state index contributed by atoms with van der Waals surface area (Å²) in [5.41, 5.74) is 0.921. The second-order valence-electron chi connectivity index (χ2n) is 5.66. The Balaban J connectivity index is 1.73. The lowest BCUT2D eigenvalue weighted by atomic mass is 10.1. The van der Waals surface area contributed by atoms with E-state index in [-0.39, 0.29) is 24.4 Å². The third-order valence-corrected chi connectivity index (χ3v) is 3.86. The molecule has 6 heteroatoms. The van der Waals surface area contributed by atoms with Crippen LogP contribution in [0, 0.1) is 0 Å². The van der Waals surface area contributed by atoms with E-state index in [0.29, 0.717) is 22.9 Å². The number of ether oxygens (including phenoxy) is 1. The molecule has 116 valence electrons. The second-order valence-corrected chi connectivity index (χ2v) is 5.66. The third kappa shape index (κ3) is 2.63. The van der Waals surface area contributed by atoms with Crippen LogP contribution in [0.1, 0.15) is 23.2 Å². The molecule has 2 aromatic rings. The number of amides is 2. The molecule has 0 radical (unpaired) electrons. The molecule has 0 bridgehead atoms. The zero-order valence-corrected chi connectivity index (χ0v) is 12.4. The highest BCUT2D eigenvalue weighted by molar-refractivity contribution is 6.11. The topological polar surface area (TPSA) is 71.5 Å². The number of nitrogens with one attached hydrogen (secondary N) is 1. The maximum absolute atomic E-state index is 12.9. The summed E-state index contributed by atoms with van der Waals surface area (Å²) in [7, 11) is 0.